The van der Waals surface area contributed by atoms with Gasteiger partial charge in [0.25, 0.3) is 0 Å². The molecule has 248 valence electrons. The number of fused-ring (bicyclic) bond motifs is 4. The Hall–Kier alpha value is -7.10. The van der Waals surface area contributed by atoms with Crippen LogP contribution in [0.3, 0.4) is 0 Å². The lowest BCUT2D eigenvalue weighted by Gasteiger charge is -2.13. The lowest BCUT2D eigenvalue weighted by molar-refractivity contribution is 0.599. The Morgan fingerprint density at radius 2 is 0.868 bits per heavy atom. The van der Waals surface area contributed by atoms with Crippen LogP contribution < -0.4 is 0 Å². The van der Waals surface area contributed by atoms with Gasteiger partial charge >= 0.3 is 0 Å². The normalized spacial score (nSPS) is 19.8. The van der Waals surface area contributed by atoms with Gasteiger partial charge in [0, 0.05) is 44.8 Å². The van der Waals surface area contributed by atoms with Gasteiger partial charge in [0.05, 0.1) is 60.6 Å². The molecule has 0 bridgehead atoms. The van der Waals surface area contributed by atoms with E-state index in [2.05, 4.69) is 9.97 Å². The second-order valence-corrected chi connectivity index (χ2v) is 10.9. The van der Waals surface area contributed by atoms with Gasteiger partial charge in [0.1, 0.15) is 11.5 Å². The first-order chi connectivity index (χ1) is 39.6. The summed E-state index contributed by atoms with van der Waals surface area (Å²) in [5.41, 5.74) is -10.4. The Morgan fingerprint density at radius 3 is 1.51 bits per heavy atom. The Labute approximate surface area is 352 Å². The summed E-state index contributed by atoms with van der Waals surface area (Å²) in [5.74, 6) is -2.10. The highest BCUT2D eigenvalue weighted by Gasteiger charge is 2.25. The molecule has 0 aliphatic rings. The molecule has 3 heterocycles. The van der Waals surface area contributed by atoms with Gasteiger partial charge in [0.15, 0.2) is 0 Å². The second-order valence-electron chi connectivity index (χ2n) is 10.9. The Bertz CT molecular complexity index is 4690. The van der Waals surface area contributed by atoms with Crippen LogP contribution in [-0.4, -0.2) is 9.97 Å². The number of furan rings is 1. The monoisotopic (exact) mass is 708 g/mol. The topological polar surface area (TPSA) is 38.9 Å². The average Bonchev–Trinajstić information content (AvgIpc) is 2.06. The fourth-order valence-electron chi connectivity index (χ4n) is 5.66. The van der Waals surface area contributed by atoms with Crippen molar-refractivity contribution in [3.8, 4) is 67.3 Å². The molecule has 0 radical (unpaired) electrons. The summed E-state index contributed by atoms with van der Waals surface area (Å²) < 4.78 is 292. The van der Waals surface area contributed by atoms with Crippen LogP contribution >= 0.6 is 0 Å². The average molecular weight is 709 g/mol. The molecule has 0 amide bonds. The molecule has 53 heavy (non-hydrogen) atoms. The van der Waals surface area contributed by atoms with Gasteiger partial charge in [-0.25, -0.2) is 4.98 Å². The molecule has 0 spiro atoms. The van der Waals surface area contributed by atoms with Crippen LogP contribution in [0, 0.1) is 0 Å². The SMILES string of the molecule is [2H]c1nc2c(c([2H])c1[2H])c([2H])c([2H])c1c([2H])c([2H])c(-c3c([2H])c([2H])c(-c4c([2H])c([2H])c(-c5c(-c6c([2H])c([2H])c([2H])c([2H])c6[2H])oc(-c6c([2H])c([2H])c([2H])c([2H])c6[2H])c5-c5c([2H])c([2H])c([2H])c([2H])c5[2H])c([2H])c4[2H])c4c([2H])c([2H])c([2H])c([2H])c34)nc12. The molecule has 0 N–H and O–H groups in total. The van der Waals surface area contributed by atoms with Crippen LogP contribution in [0.2, 0.25) is 0 Å². The van der Waals surface area contributed by atoms with Crippen molar-refractivity contribution in [3.63, 3.8) is 0 Å². The van der Waals surface area contributed by atoms with Gasteiger partial charge < -0.3 is 4.42 Å². The smallest absolute Gasteiger partial charge is 0.143 e. The van der Waals surface area contributed by atoms with Crippen LogP contribution in [0.4, 0.5) is 0 Å². The Morgan fingerprint density at radius 1 is 0.377 bits per heavy atom. The summed E-state index contributed by atoms with van der Waals surface area (Å²) in [7, 11) is 0. The zero-order chi connectivity index (χ0) is 63.0. The van der Waals surface area contributed by atoms with Gasteiger partial charge in [-0.2, -0.15) is 0 Å². The highest BCUT2D eigenvalue weighted by molar-refractivity contribution is 6.07. The third-order valence-corrected chi connectivity index (χ3v) is 7.93. The van der Waals surface area contributed by atoms with Crippen molar-refractivity contribution in [2.45, 2.75) is 0 Å². The molecule has 10 rings (SSSR count). The minimum atomic E-state index is -1.28. The molecule has 0 saturated carbocycles. The number of hydrogen-bond donors (Lipinski definition) is 0. The van der Waals surface area contributed by atoms with Crippen molar-refractivity contribution in [1.29, 1.82) is 0 Å². The van der Waals surface area contributed by atoms with Crippen LogP contribution in [-0.2, 0) is 0 Å². The van der Waals surface area contributed by atoms with Crippen molar-refractivity contribution < 1.29 is 48.3 Å². The van der Waals surface area contributed by atoms with Crippen molar-refractivity contribution >= 4 is 32.6 Å². The van der Waals surface area contributed by atoms with Crippen molar-refractivity contribution in [2.75, 3.05) is 0 Å². The van der Waals surface area contributed by atoms with E-state index >= 15 is 0 Å². The predicted octanol–water partition coefficient (Wildman–Crippen LogP) is 13.5. The number of nitrogens with zero attached hydrogens (tertiary/aromatic N) is 2. The van der Waals surface area contributed by atoms with E-state index in [0.29, 0.717) is 0 Å². The summed E-state index contributed by atoms with van der Waals surface area (Å²) in [6, 6.07) is -32.1. The van der Waals surface area contributed by atoms with Crippen LogP contribution in [0.5, 0.6) is 0 Å². The van der Waals surface area contributed by atoms with Crippen LogP contribution in [0.1, 0.15) is 43.9 Å². The lowest BCUT2D eigenvalue weighted by atomic mass is 9.89. The van der Waals surface area contributed by atoms with E-state index in [0.717, 1.165) is 0 Å². The van der Waals surface area contributed by atoms with Gasteiger partial charge in [-0.3, -0.25) is 4.98 Å². The van der Waals surface area contributed by atoms with E-state index < -0.39 is 293 Å². The molecule has 0 fully saturated rings. The van der Waals surface area contributed by atoms with E-state index in [1.165, 1.54) is 0 Å². The van der Waals surface area contributed by atoms with Crippen LogP contribution in [0.15, 0.2) is 198 Å². The molecule has 0 saturated heterocycles. The van der Waals surface area contributed by atoms with Gasteiger partial charge in [0.2, 0.25) is 0 Å². The molecule has 10 aromatic rings. The fourth-order valence-corrected chi connectivity index (χ4v) is 5.66. The molecule has 3 heteroatoms. The predicted molar refractivity (Wildman–Crippen MR) is 219 cm³/mol. The summed E-state index contributed by atoms with van der Waals surface area (Å²) in [6.45, 7) is 0. The maximum absolute atomic E-state index is 9.80. The van der Waals surface area contributed by atoms with Crippen molar-refractivity contribution in [1.82, 2.24) is 9.97 Å². The third-order valence-electron chi connectivity index (χ3n) is 7.93. The molecule has 0 aliphatic heterocycles. The number of rotatable bonds is 6. The number of benzene rings is 7. The number of hydrogen-bond acceptors (Lipinski definition) is 3. The highest BCUT2D eigenvalue weighted by Crippen LogP contribution is 2.49. The molecule has 3 nitrogen and oxygen atoms in total. The summed E-state index contributed by atoms with van der Waals surface area (Å²) in [6.07, 6.45) is -0.803. The molecule has 7 aromatic carbocycles. The van der Waals surface area contributed by atoms with E-state index in [4.69, 9.17) is 35.9 Å². The van der Waals surface area contributed by atoms with Crippen molar-refractivity contribution in [3.05, 3.63) is 193 Å². The largest absolute Gasteiger partial charge is 0.455 e. The third kappa shape index (κ3) is 5.38. The maximum Gasteiger partial charge on any atom is 0.143 e. The Kier molecular flexibility index (Phi) is 2.98. The van der Waals surface area contributed by atoms with Crippen LogP contribution in [0.25, 0.3) is 99.9 Å². The maximum atomic E-state index is 9.80. The first kappa shape index (κ1) is 12.3. The minimum absolute atomic E-state index is 0.475. The summed E-state index contributed by atoms with van der Waals surface area (Å²) in [4.78, 5) is 8.43. The van der Waals surface area contributed by atoms with Gasteiger partial charge in [-0.1, -0.05) is 175 Å². The fraction of sp³-hybridized carbons (Fsp3) is 0. The molecule has 0 atom stereocenters. The number of aromatic nitrogens is 2. The van der Waals surface area contributed by atoms with Crippen molar-refractivity contribution in [2.24, 2.45) is 0 Å². The van der Waals surface area contributed by atoms with E-state index in [9.17, 15) is 12.3 Å². The minimum Gasteiger partial charge on any atom is -0.455 e. The summed E-state index contributed by atoms with van der Waals surface area (Å²) in [5, 5.41) is -2.59. The Balaban J connectivity index is 1.41. The zero-order valence-electron chi connectivity index (χ0n) is 58.3. The molecular weight excluding hydrogens is 645 g/mol. The van der Waals surface area contributed by atoms with E-state index in [1.807, 2.05) is 0 Å². The first-order valence-electron chi connectivity index (χ1n) is 31.3. The van der Waals surface area contributed by atoms with Gasteiger partial charge in [-0.15, -0.1) is 0 Å². The standard InChI is InChI=1S/C50H32N2O/c1-4-13-34(14-5-1)45-46(50(39-17-8-3-9-18-39)53-49(45)38-15-6-2-7-16-38)35-24-22-33(23-25-35)40-29-30-43(42-21-11-10-20-41(40)42)44-31-28-37-27-26-36-19-12-32-51-47(36)48(37)52-44/h1-32H/i1D,2D,3D,4D,5D,6D,7D,8D,9D,10D,11D,12D,13D,14D,15D,16D,17D,18D,19D,20D,21D,22D,23D,24D,25D,26D,27D,28D,29D,30D,31D,32D. The second kappa shape index (κ2) is 12.9. The lowest BCUT2D eigenvalue weighted by Crippen LogP contribution is -1.91. The quantitative estimate of drug-likeness (QED) is 0.161. The molecule has 0 unspecified atom stereocenters. The molecule has 3 aromatic heterocycles. The highest BCUT2D eigenvalue weighted by atomic mass is 16.3. The van der Waals surface area contributed by atoms with Gasteiger partial charge in [-0.05, 0) is 45.1 Å². The van der Waals surface area contributed by atoms with E-state index in [1.54, 1.807) is 0 Å². The zero-order valence-corrected chi connectivity index (χ0v) is 26.3. The van der Waals surface area contributed by atoms with E-state index in [-0.39, 0.29) is 0 Å². The molecular formula is C50H32N2O. The summed E-state index contributed by atoms with van der Waals surface area (Å²) >= 11 is 0. The molecule has 0 aliphatic carbocycles. The first-order valence-corrected chi connectivity index (χ1v) is 15.3. The number of pyridine rings is 2.